The predicted octanol–water partition coefficient (Wildman–Crippen LogP) is 3.79. The van der Waals surface area contributed by atoms with Crippen LogP contribution in [-0.2, 0) is 11.2 Å². The second-order valence-electron chi connectivity index (χ2n) is 2.30. The van der Waals surface area contributed by atoms with Crippen LogP contribution in [0.2, 0.25) is 0 Å². The highest BCUT2D eigenvalue weighted by Crippen LogP contribution is 2.05. The zero-order valence-electron chi connectivity index (χ0n) is 10.0. The first-order valence-corrected chi connectivity index (χ1v) is 5.32. The molecule has 0 fully saturated rings. The summed E-state index contributed by atoms with van der Waals surface area (Å²) in [6.07, 6.45) is 1.47. The van der Waals surface area contributed by atoms with E-state index in [0.717, 1.165) is 11.8 Å². The van der Waals surface area contributed by atoms with E-state index < -0.39 is 0 Å². The molecule has 1 aromatic rings. The van der Waals surface area contributed by atoms with Crippen LogP contribution in [0.15, 0.2) is 24.3 Å². The molecular formula is C13H22O. The van der Waals surface area contributed by atoms with Gasteiger partial charge in [0.1, 0.15) is 6.29 Å². The van der Waals surface area contributed by atoms with Crippen LogP contribution < -0.4 is 0 Å². The minimum Gasteiger partial charge on any atom is -0.303 e. The Hall–Kier alpha value is -1.11. The fourth-order valence-corrected chi connectivity index (χ4v) is 0.929. The molecule has 0 aliphatic rings. The third-order valence-corrected chi connectivity index (χ3v) is 1.56. The van der Waals surface area contributed by atoms with Crippen molar-refractivity contribution >= 4 is 6.29 Å². The molecule has 1 rings (SSSR count). The van der Waals surface area contributed by atoms with E-state index in [4.69, 9.17) is 0 Å². The highest BCUT2D eigenvalue weighted by molar-refractivity contribution is 5.55. The molecule has 0 amide bonds. The van der Waals surface area contributed by atoms with Gasteiger partial charge in [-0.25, -0.2) is 0 Å². The first-order chi connectivity index (χ1) is 6.84. The summed E-state index contributed by atoms with van der Waals surface area (Å²) in [4.78, 5) is 10.1. The Balaban J connectivity index is 0. The van der Waals surface area contributed by atoms with E-state index in [1.165, 1.54) is 5.56 Å². The second kappa shape index (κ2) is 11.9. The molecule has 0 aliphatic carbocycles. The number of aldehydes is 1. The summed E-state index contributed by atoms with van der Waals surface area (Å²) in [6.45, 7) is 10.0. The van der Waals surface area contributed by atoms with E-state index >= 15 is 0 Å². The van der Waals surface area contributed by atoms with Crippen LogP contribution in [0.5, 0.6) is 0 Å². The van der Waals surface area contributed by atoms with Gasteiger partial charge < -0.3 is 4.79 Å². The SMILES string of the molecule is CC.CC.Cc1ccccc1CC=O. The molecule has 1 heteroatoms. The number of hydrogen-bond acceptors (Lipinski definition) is 1. The zero-order chi connectivity index (χ0) is 11.4. The lowest BCUT2D eigenvalue weighted by molar-refractivity contribution is -0.107. The fraction of sp³-hybridized carbons (Fsp3) is 0.462. The molecule has 0 atom stereocenters. The molecule has 0 radical (unpaired) electrons. The number of aryl methyl sites for hydroxylation is 1. The Morgan fingerprint density at radius 1 is 1.07 bits per heavy atom. The van der Waals surface area contributed by atoms with E-state index in [9.17, 15) is 4.79 Å². The van der Waals surface area contributed by atoms with Crippen molar-refractivity contribution in [2.75, 3.05) is 0 Å². The van der Waals surface area contributed by atoms with Gasteiger partial charge in [0.15, 0.2) is 0 Å². The van der Waals surface area contributed by atoms with Crippen LogP contribution in [0.3, 0.4) is 0 Å². The maximum absolute atomic E-state index is 10.1. The normalized spacial score (nSPS) is 7.50. The molecule has 0 saturated carbocycles. The molecule has 0 bridgehead atoms. The van der Waals surface area contributed by atoms with Gasteiger partial charge in [0.25, 0.3) is 0 Å². The van der Waals surface area contributed by atoms with Crippen LogP contribution >= 0.6 is 0 Å². The van der Waals surface area contributed by atoms with Gasteiger partial charge in [-0.15, -0.1) is 0 Å². The van der Waals surface area contributed by atoms with Crippen molar-refractivity contribution in [3.63, 3.8) is 0 Å². The summed E-state index contributed by atoms with van der Waals surface area (Å²) in [5, 5.41) is 0. The number of carbonyl (C=O) groups excluding carboxylic acids is 1. The standard InChI is InChI=1S/C9H10O.2C2H6/c1-8-4-2-3-5-9(8)6-7-10;2*1-2/h2-5,7H,6H2,1H3;2*1-2H3. The highest BCUT2D eigenvalue weighted by Gasteiger charge is 1.92. The second-order valence-corrected chi connectivity index (χ2v) is 2.30. The summed E-state index contributed by atoms with van der Waals surface area (Å²) < 4.78 is 0. The quantitative estimate of drug-likeness (QED) is 0.655. The number of hydrogen-bond donors (Lipinski definition) is 0. The van der Waals surface area contributed by atoms with Crippen molar-refractivity contribution < 1.29 is 4.79 Å². The van der Waals surface area contributed by atoms with Gasteiger partial charge in [0.2, 0.25) is 0 Å². The van der Waals surface area contributed by atoms with Crippen molar-refractivity contribution in [1.82, 2.24) is 0 Å². The van der Waals surface area contributed by atoms with Crippen LogP contribution in [0.4, 0.5) is 0 Å². The molecule has 0 heterocycles. The molecule has 80 valence electrons. The van der Waals surface area contributed by atoms with E-state index in [2.05, 4.69) is 0 Å². The van der Waals surface area contributed by atoms with Crippen LogP contribution in [0, 0.1) is 6.92 Å². The fourth-order valence-electron chi connectivity index (χ4n) is 0.929. The molecule has 1 aromatic carbocycles. The summed E-state index contributed by atoms with van der Waals surface area (Å²) >= 11 is 0. The molecule has 14 heavy (non-hydrogen) atoms. The number of benzene rings is 1. The Bertz CT molecular complexity index is 228. The van der Waals surface area contributed by atoms with Crippen LogP contribution in [0.25, 0.3) is 0 Å². The number of rotatable bonds is 2. The summed E-state index contributed by atoms with van der Waals surface area (Å²) in [5.41, 5.74) is 2.31. The lowest BCUT2D eigenvalue weighted by atomic mass is 10.1. The summed E-state index contributed by atoms with van der Waals surface area (Å²) in [5.74, 6) is 0. The predicted molar refractivity (Wildman–Crippen MR) is 63.6 cm³/mol. The van der Waals surface area contributed by atoms with Gasteiger partial charge in [0, 0.05) is 6.42 Å². The molecule has 1 nitrogen and oxygen atoms in total. The molecule has 0 aromatic heterocycles. The van der Waals surface area contributed by atoms with E-state index in [1.54, 1.807) is 0 Å². The summed E-state index contributed by atoms with van der Waals surface area (Å²) in [6, 6.07) is 7.91. The van der Waals surface area contributed by atoms with Crippen molar-refractivity contribution in [3.8, 4) is 0 Å². The maximum Gasteiger partial charge on any atom is 0.124 e. The average molecular weight is 194 g/mol. The number of carbonyl (C=O) groups is 1. The molecule has 0 unspecified atom stereocenters. The first kappa shape index (κ1) is 15.4. The Morgan fingerprint density at radius 3 is 2.00 bits per heavy atom. The van der Waals surface area contributed by atoms with Gasteiger partial charge >= 0.3 is 0 Å². The van der Waals surface area contributed by atoms with E-state index in [0.29, 0.717) is 6.42 Å². The molecule has 0 aliphatic heterocycles. The molecule has 0 spiro atoms. The Labute approximate surface area is 88.2 Å². The monoisotopic (exact) mass is 194 g/mol. The smallest absolute Gasteiger partial charge is 0.124 e. The van der Waals surface area contributed by atoms with Gasteiger partial charge in [0.05, 0.1) is 0 Å². The summed E-state index contributed by atoms with van der Waals surface area (Å²) in [7, 11) is 0. The van der Waals surface area contributed by atoms with Gasteiger partial charge in [-0.3, -0.25) is 0 Å². The third-order valence-electron chi connectivity index (χ3n) is 1.56. The van der Waals surface area contributed by atoms with Crippen molar-refractivity contribution in [2.24, 2.45) is 0 Å². The largest absolute Gasteiger partial charge is 0.303 e. The van der Waals surface area contributed by atoms with E-state index in [-0.39, 0.29) is 0 Å². The minimum atomic E-state index is 0.534. The van der Waals surface area contributed by atoms with Gasteiger partial charge in [-0.2, -0.15) is 0 Å². The van der Waals surface area contributed by atoms with Crippen molar-refractivity contribution in [3.05, 3.63) is 35.4 Å². The topological polar surface area (TPSA) is 17.1 Å². The van der Waals surface area contributed by atoms with Gasteiger partial charge in [-0.1, -0.05) is 52.0 Å². The minimum absolute atomic E-state index is 0.534. The molecule has 0 saturated heterocycles. The average Bonchev–Trinajstić information content (AvgIpc) is 2.28. The van der Waals surface area contributed by atoms with Gasteiger partial charge in [-0.05, 0) is 18.1 Å². The van der Waals surface area contributed by atoms with Crippen molar-refractivity contribution in [1.29, 1.82) is 0 Å². The molecule has 0 N–H and O–H groups in total. The lowest BCUT2D eigenvalue weighted by Crippen LogP contribution is -1.88. The third kappa shape index (κ3) is 6.41. The molecular weight excluding hydrogens is 172 g/mol. The lowest BCUT2D eigenvalue weighted by Gasteiger charge is -1.97. The van der Waals surface area contributed by atoms with Crippen LogP contribution in [0.1, 0.15) is 38.8 Å². The Morgan fingerprint density at radius 2 is 1.57 bits per heavy atom. The zero-order valence-corrected chi connectivity index (χ0v) is 10.0. The Kier molecular flexibility index (Phi) is 13.1. The van der Waals surface area contributed by atoms with Crippen LogP contribution in [-0.4, -0.2) is 6.29 Å². The first-order valence-electron chi connectivity index (χ1n) is 5.32. The van der Waals surface area contributed by atoms with Crippen molar-refractivity contribution in [2.45, 2.75) is 41.0 Å². The maximum atomic E-state index is 10.1. The highest BCUT2D eigenvalue weighted by atomic mass is 16.1. The van der Waals surface area contributed by atoms with E-state index in [1.807, 2.05) is 58.9 Å².